The largest absolute Gasteiger partial charge is 0.396 e. The van der Waals surface area contributed by atoms with Gasteiger partial charge in [0.2, 0.25) is 0 Å². The van der Waals surface area contributed by atoms with Crippen LogP contribution in [-0.4, -0.2) is 58.5 Å². The molecule has 0 bridgehead atoms. The van der Waals surface area contributed by atoms with Gasteiger partial charge in [-0.3, -0.25) is 4.98 Å². The van der Waals surface area contributed by atoms with Gasteiger partial charge in [0.1, 0.15) is 5.82 Å². The molecule has 2 aliphatic heterocycles. The van der Waals surface area contributed by atoms with Crippen molar-refractivity contribution < 1.29 is 5.11 Å². The summed E-state index contributed by atoms with van der Waals surface area (Å²) in [6, 6.07) is 0. The maximum Gasteiger partial charge on any atom is 0.150 e. The first-order valence-electron chi connectivity index (χ1n) is 10.4. The maximum atomic E-state index is 9.40. The topological polar surface area (TPSA) is 64.9 Å². The normalized spacial score (nSPS) is 22.5. The molecular weight excluding hydrogens is 362 g/mol. The predicted octanol–water partition coefficient (Wildman–Crippen LogP) is 3.07. The van der Waals surface area contributed by atoms with Crippen LogP contribution in [0, 0.1) is 5.92 Å². The van der Waals surface area contributed by atoms with Crippen molar-refractivity contribution in [1.82, 2.24) is 14.9 Å². The Hall–Kier alpha value is -2.73. The number of rotatable bonds is 5. The summed E-state index contributed by atoms with van der Waals surface area (Å²) in [5.41, 5.74) is 2.93. The van der Waals surface area contributed by atoms with Crippen molar-refractivity contribution in [3.8, 4) is 0 Å². The van der Waals surface area contributed by atoms with Crippen molar-refractivity contribution in [1.29, 1.82) is 0 Å². The molecule has 29 heavy (non-hydrogen) atoms. The van der Waals surface area contributed by atoms with Gasteiger partial charge in [0.05, 0.1) is 11.4 Å². The Bertz CT molecular complexity index is 871. The SMILES string of the molecule is C=C1C=CC=CC1=NC(=CC)N1CC(c2nccnc2N2CCC(CO)CC2)C1. The number of aliphatic hydroxyl groups excluding tert-OH is 1. The van der Waals surface area contributed by atoms with Crippen molar-refractivity contribution in [2.75, 3.05) is 37.7 Å². The molecule has 1 aliphatic carbocycles. The first kappa shape index (κ1) is 19.6. The molecule has 152 valence electrons. The molecule has 3 heterocycles. The van der Waals surface area contributed by atoms with Crippen LogP contribution in [0.3, 0.4) is 0 Å². The number of anilines is 1. The minimum atomic E-state index is 0.283. The molecule has 0 saturated carbocycles. The van der Waals surface area contributed by atoms with Crippen molar-refractivity contribution in [2.45, 2.75) is 25.7 Å². The molecule has 2 saturated heterocycles. The quantitative estimate of drug-likeness (QED) is 0.836. The van der Waals surface area contributed by atoms with Crippen LogP contribution in [0.1, 0.15) is 31.4 Å². The number of aliphatic hydroxyl groups is 1. The number of hydrogen-bond acceptors (Lipinski definition) is 6. The van der Waals surface area contributed by atoms with Crippen molar-refractivity contribution in [2.24, 2.45) is 10.9 Å². The number of aromatic nitrogens is 2. The average molecular weight is 392 g/mol. The Morgan fingerprint density at radius 1 is 1.21 bits per heavy atom. The minimum absolute atomic E-state index is 0.283. The Labute approximate surface area is 172 Å². The van der Waals surface area contributed by atoms with Crippen LogP contribution in [-0.2, 0) is 0 Å². The Morgan fingerprint density at radius 2 is 1.93 bits per heavy atom. The van der Waals surface area contributed by atoms with Crippen molar-refractivity contribution in [3.05, 3.63) is 66.4 Å². The third kappa shape index (κ3) is 4.17. The van der Waals surface area contributed by atoms with Gasteiger partial charge in [0.25, 0.3) is 0 Å². The molecule has 1 N–H and O–H groups in total. The second-order valence-electron chi connectivity index (χ2n) is 7.87. The van der Waals surface area contributed by atoms with Gasteiger partial charge in [0.15, 0.2) is 5.82 Å². The van der Waals surface area contributed by atoms with Gasteiger partial charge in [0, 0.05) is 51.1 Å². The Balaban J connectivity index is 1.44. The minimum Gasteiger partial charge on any atom is -0.396 e. The number of allylic oxidation sites excluding steroid dienone is 6. The average Bonchev–Trinajstić information content (AvgIpc) is 2.74. The molecule has 0 amide bonds. The van der Waals surface area contributed by atoms with E-state index in [1.807, 2.05) is 31.2 Å². The van der Waals surface area contributed by atoms with E-state index in [0.29, 0.717) is 11.8 Å². The van der Waals surface area contributed by atoms with E-state index in [-0.39, 0.29) is 6.61 Å². The summed E-state index contributed by atoms with van der Waals surface area (Å²) < 4.78 is 0. The monoisotopic (exact) mass is 391 g/mol. The lowest BCUT2D eigenvalue weighted by Gasteiger charge is -2.42. The third-order valence-electron chi connectivity index (χ3n) is 5.96. The second-order valence-corrected chi connectivity index (χ2v) is 7.87. The summed E-state index contributed by atoms with van der Waals surface area (Å²) in [5, 5.41) is 9.40. The van der Waals surface area contributed by atoms with Gasteiger partial charge in [-0.2, -0.15) is 0 Å². The van der Waals surface area contributed by atoms with Crippen LogP contribution in [0.15, 0.2) is 65.7 Å². The van der Waals surface area contributed by atoms with Gasteiger partial charge >= 0.3 is 0 Å². The second kappa shape index (κ2) is 8.74. The molecule has 0 aromatic carbocycles. The van der Waals surface area contributed by atoms with E-state index in [2.05, 4.69) is 27.4 Å². The van der Waals surface area contributed by atoms with Crippen LogP contribution in [0.5, 0.6) is 0 Å². The molecule has 0 atom stereocenters. The summed E-state index contributed by atoms with van der Waals surface area (Å²) in [4.78, 5) is 18.8. The predicted molar refractivity (Wildman–Crippen MR) is 117 cm³/mol. The lowest BCUT2D eigenvalue weighted by atomic mass is 9.93. The number of nitrogens with zero attached hydrogens (tertiary/aromatic N) is 5. The lowest BCUT2D eigenvalue weighted by molar-refractivity contribution is 0.192. The van der Waals surface area contributed by atoms with Crippen LogP contribution < -0.4 is 4.90 Å². The highest BCUT2D eigenvalue weighted by Crippen LogP contribution is 2.35. The number of hydrogen-bond donors (Lipinski definition) is 1. The van der Waals surface area contributed by atoms with Gasteiger partial charge in [-0.15, -0.1) is 0 Å². The molecule has 0 spiro atoms. The van der Waals surface area contributed by atoms with E-state index in [1.165, 1.54) is 0 Å². The number of likely N-dealkylation sites (tertiary alicyclic amines) is 1. The third-order valence-corrected chi connectivity index (χ3v) is 5.96. The van der Waals surface area contributed by atoms with Crippen molar-refractivity contribution in [3.63, 3.8) is 0 Å². The summed E-state index contributed by atoms with van der Waals surface area (Å²) in [5.74, 6) is 2.76. The van der Waals surface area contributed by atoms with Crippen molar-refractivity contribution >= 4 is 11.5 Å². The van der Waals surface area contributed by atoms with Gasteiger partial charge in [-0.1, -0.05) is 24.8 Å². The highest BCUT2D eigenvalue weighted by Gasteiger charge is 2.34. The molecule has 2 fully saturated rings. The fourth-order valence-corrected chi connectivity index (χ4v) is 4.10. The molecule has 4 rings (SSSR count). The first-order valence-corrected chi connectivity index (χ1v) is 10.4. The van der Waals surface area contributed by atoms with E-state index < -0.39 is 0 Å². The zero-order valence-corrected chi connectivity index (χ0v) is 17.0. The van der Waals surface area contributed by atoms with Crippen LogP contribution in [0.4, 0.5) is 5.82 Å². The van der Waals surface area contributed by atoms with Crippen LogP contribution >= 0.6 is 0 Å². The molecule has 0 radical (unpaired) electrons. The number of aliphatic imine (C=N–C) groups is 1. The molecular formula is C23H29N5O. The molecule has 6 nitrogen and oxygen atoms in total. The highest BCUT2D eigenvalue weighted by molar-refractivity contribution is 6.11. The Kier molecular flexibility index (Phi) is 5.90. The maximum absolute atomic E-state index is 9.40. The fourth-order valence-electron chi connectivity index (χ4n) is 4.10. The van der Waals surface area contributed by atoms with E-state index in [9.17, 15) is 5.11 Å². The van der Waals surface area contributed by atoms with Crippen LogP contribution in [0.25, 0.3) is 0 Å². The zero-order valence-electron chi connectivity index (χ0n) is 17.0. The van der Waals surface area contributed by atoms with Gasteiger partial charge in [-0.25, -0.2) is 9.98 Å². The lowest BCUT2D eigenvalue weighted by Crippen LogP contribution is -2.45. The summed E-state index contributed by atoms with van der Waals surface area (Å²) >= 11 is 0. The van der Waals surface area contributed by atoms with E-state index in [0.717, 1.165) is 67.6 Å². The molecule has 6 heteroatoms. The molecule has 1 aromatic rings. The molecule has 3 aliphatic rings. The summed E-state index contributed by atoms with van der Waals surface area (Å²) in [6.45, 7) is 10.0. The standard InChI is InChI=1S/C23H29N5O/c1-3-21(26-20-7-5-4-6-17(20)2)28-14-19(15-28)22-23(25-11-10-24-22)27-12-8-18(16-29)9-13-27/h3-7,10-11,18-19,29H,2,8-9,12-16H2,1H3. The summed E-state index contributed by atoms with van der Waals surface area (Å²) in [7, 11) is 0. The zero-order chi connectivity index (χ0) is 20.2. The summed E-state index contributed by atoms with van der Waals surface area (Å²) in [6.07, 6.45) is 15.6. The number of piperidine rings is 1. The van der Waals surface area contributed by atoms with E-state index in [4.69, 9.17) is 9.98 Å². The van der Waals surface area contributed by atoms with Crippen LogP contribution in [0.2, 0.25) is 0 Å². The highest BCUT2D eigenvalue weighted by atomic mass is 16.3. The van der Waals surface area contributed by atoms with Gasteiger partial charge in [-0.05, 0) is 43.4 Å². The molecule has 0 unspecified atom stereocenters. The fraction of sp³-hybridized carbons (Fsp3) is 0.435. The first-order chi connectivity index (χ1) is 14.2. The Morgan fingerprint density at radius 3 is 2.62 bits per heavy atom. The van der Waals surface area contributed by atoms with E-state index >= 15 is 0 Å². The molecule has 1 aromatic heterocycles. The smallest absolute Gasteiger partial charge is 0.150 e. The van der Waals surface area contributed by atoms with Gasteiger partial charge < -0.3 is 14.9 Å². The van der Waals surface area contributed by atoms with E-state index in [1.54, 1.807) is 12.4 Å².